The van der Waals surface area contributed by atoms with Crippen LogP contribution in [0.3, 0.4) is 0 Å². The minimum atomic E-state index is -4.58. The molecule has 1 heterocycles. The van der Waals surface area contributed by atoms with Crippen LogP contribution in [0.5, 0.6) is 0 Å². The molecule has 0 aliphatic heterocycles. The number of ether oxygens (including phenoxy) is 1. The number of carbonyl (C=O) groups is 2. The van der Waals surface area contributed by atoms with Crippen LogP contribution in [0.4, 0.5) is 13.2 Å². The molecule has 5 aliphatic rings. The normalized spacial score (nSPS) is 44.5. The van der Waals surface area contributed by atoms with E-state index in [0.29, 0.717) is 38.0 Å². The summed E-state index contributed by atoms with van der Waals surface area (Å²) in [5.41, 5.74) is -0.812. The highest BCUT2D eigenvalue weighted by Crippen LogP contribution is 2.76. The van der Waals surface area contributed by atoms with Crippen LogP contribution in [-0.4, -0.2) is 29.7 Å². The average Bonchev–Trinajstić information content (AvgIpc) is 3.32. The molecule has 0 bridgehead atoms. The van der Waals surface area contributed by atoms with E-state index in [2.05, 4.69) is 53.6 Å². The number of hydrogen-bond donors (Lipinski definition) is 0. The van der Waals surface area contributed by atoms with E-state index < -0.39 is 24.2 Å². The van der Waals surface area contributed by atoms with Crippen molar-refractivity contribution in [2.75, 3.05) is 6.61 Å². The zero-order valence-corrected chi connectivity index (χ0v) is 25.7. The summed E-state index contributed by atoms with van der Waals surface area (Å²) in [6.45, 7) is 14.3. The Morgan fingerprint density at radius 2 is 1.68 bits per heavy atom. The van der Waals surface area contributed by atoms with Crippen molar-refractivity contribution in [1.29, 1.82) is 0 Å². The Morgan fingerprint density at radius 3 is 2.37 bits per heavy atom. The lowest BCUT2D eigenvalue weighted by Gasteiger charge is -2.72. The Labute approximate surface area is 241 Å². The quantitative estimate of drug-likeness (QED) is 0.335. The molecule has 4 saturated carbocycles. The molecule has 8 heteroatoms. The number of Topliss-reactive ketones (excluding diaryl/α,β-unsaturated/α-hetero) is 1. The van der Waals surface area contributed by atoms with Crippen LogP contribution in [-0.2, 0) is 26.2 Å². The van der Waals surface area contributed by atoms with Gasteiger partial charge >= 0.3 is 12.1 Å². The van der Waals surface area contributed by atoms with E-state index in [1.807, 2.05) is 6.20 Å². The van der Waals surface area contributed by atoms with E-state index in [0.717, 1.165) is 37.0 Å². The van der Waals surface area contributed by atoms with Crippen molar-refractivity contribution in [3.05, 3.63) is 17.5 Å². The first-order chi connectivity index (χ1) is 18.8. The number of alkyl halides is 3. The molecule has 4 fully saturated rings. The number of fused-ring (bicyclic) bond motifs is 8. The predicted molar refractivity (Wildman–Crippen MR) is 147 cm³/mol. The number of hydrogen-bond acceptors (Lipinski definition) is 5. The molecule has 0 unspecified atom stereocenters. The molecule has 41 heavy (non-hydrogen) atoms. The number of carbonyl (C=O) groups excluding carboxylic acids is 2. The fourth-order valence-corrected chi connectivity index (χ4v) is 11.6. The summed E-state index contributed by atoms with van der Waals surface area (Å²) in [6.07, 6.45) is 3.54. The second-order valence-corrected chi connectivity index (χ2v) is 16.5. The van der Waals surface area contributed by atoms with Crippen LogP contribution in [0.15, 0.2) is 10.7 Å². The van der Waals surface area contributed by atoms with Crippen molar-refractivity contribution in [3.63, 3.8) is 0 Å². The number of esters is 1. The summed E-state index contributed by atoms with van der Waals surface area (Å²) in [7, 11) is 0. The Hall–Kier alpha value is -1.86. The van der Waals surface area contributed by atoms with Gasteiger partial charge in [0.2, 0.25) is 0 Å². The van der Waals surface area contributed by atoms with E-state index in [1.54, 1.807) is 0 Å². The Morgan fingerprint density at radius 1 is 1.00 bits per heavy atom. The van der Waals surface area contributed by atoms with E-state index >= 15 is 0 Å². The molecule has 6 rings (SSSR count). The number of ketones is 1. The standard InChI is InChI=1S/C33H46F3NO4/c1-27(2)10-12-32(26(39)40-18-33(34,35)36)13-11-31(7)24(20(32)16-27)21(38)14-23-29(5)15-19-17-37-41-25(19)28(3,4)22(29)8-9-30(23,31)6/h17,20,22-24H,8-16,18H2,1-7H3/t20-,22+,23-,24+,29+,30-,31-,32+/m1/s1. The van der Waals surface area contributed by atoms with Crippen molar-refractivity contribution in [3.8, 4) is 0 Å². The van der Waals surface area contributed by atoms with E-state index in [9.17, 15) is 22.8 Å². The maximum absolute atomic E-state index is 14.6. The molecule has 0 radical (unpaired) electrons. The number of halogens is 3. The number of nitrogens with zero attached hydrogens (tertiary/aromatic N) is 1. The fourth-order valence-electron chi connectivity index (χ4n) is 11.6. The first-order valence-corrected chi connectivity index (χ1v) is 15.5. The van der Waals surface area contributed by atoms with Crippen molar-refractivity contribution in [2.24, 2.45) is 50.7 Å². The van der Waals surface area contributed by atoms with Crippen molar-refractivity contribution >= 4 is 11.8 Å². The monoisotopic (exact) mass is 577 g/mol. The van der Waals surface area contributed by atoms with Gasteiger partial charge in [0.25, 0.3) is 0 Å². The summed E-state index contributed by atoms with van der Waals surface area (Å²) < 4.78 is 50.1. The van der Waals surface area contributed by atoms with Gasteiger partial charge in [-0.1, -0.05) is 53.6 Å². The number of rotatable bonds is 2. The molecule has 0 amide bonds. The number of aromatic nitrogens is 1. The van der Waals surface area contributed by atoms with E-state index in [-0.39, 0.29) is 50.6 Å². The maximum atomic E-state index is 14.6. The minimum Gasteiger partial charge on any atom is -0.456 e. The van der Waals surface area contributed by atoms with Gasteiger partial charge in [-0.3, -0.25) is 9.59 Å². The van der Waals surface area contributed by atoms with Gasteiger partial charge in [-0.2, -0.15) is 13.2 Å². The molecule has 5 nitrogen and oxygen atoms in total. The molecule has 0 N–H and O–H groups in total. The van der Waals surface area contributed by atoms with Crippen LogP contribution in [0.1, 0.15) is 111 Å². The molecule has 0 saturated heterocycles. The summed E-state index contributed by atoms with van der Waals surface area (Å²) in [5, 5.41) is 4.16. The second kappa shape index (κ2) is 8.62. The van der Waals surface area contributed by atoms with Crippen molar-refractivity contribution < 1.29 is 32.0 Å². The topological polar surface area (TPSA) is 69.4 Å². The van der Waals surface area contributed by atoms with Gasteiger partial charge in [0, 0.05) is 23.3 Å². The molecule has 5 aliphatic carbocycles. The summed E-state index contributed by atoms with van der Waals surface area (Å²) in [4.78, 5) is 28.2. The predicted octanol–water partition coefficient (Wildman–Crippen LogP) is 7.85. The van der Waals surface area contributed by atoms with E-state index in [4.69, 9.17) is 9.26 Å². The zero-order chi connectivity index (χ0) is 30.0. The lowest BCUT2D eigenvalue weighted by Crippen LogP contribution is -2.69. The summed E-state index contributed by atoms with van der Waals surface area (Å²) in [5.74, 6) is 0.246. The van der Waals surface area contributed by atoms with Crippen molar-refractivity contribution in [1.82, 2.24) is 5.16 Å². The molecule has 228 valence electrons. The lowest BCUT2D eigenvalue weighted by molar-refractivity contribution is -0.236. The maximum Gasteiger partial charge on any atom is 0.422 e. The minimum absolute atomic E-state index is 0.101. The summed E-state index contributed by atoms with van der Waals surface area (Å²) >= 11 is 0. The third-order valence-electron chi connectivity index (χ3n) is 13.7. The largest absolute Gasteiger partial charge is 0.456 e. The van der Waals surface area contributed by atoms with Crippen LogP contribution < -0.4 is 0 Å². The van der Waals surface area contributed by atoms with Gasteiger partial charge in [0.05, 0.1) is 11.6 Å². The Kier molecular flexibility index (Phi) is 6.14. The van der Waals surface area contributed by atoms with Gasteiger partial charge in [-0.15, -0.1) is 0 Å². The van der Waals surface area contributed by atoms with Crippen molar-refractivity contribution in [2.45, 2.75) is 118 Å². The summed E-state index contributed by atoms with van der Waals surface area (Å²) in [6, 6.07) is 0. The van der Waals surface area contributed by atoms with Crippen LogP contribution in [0.25, 0.3) is 0 Å². The van der Waals surface area contributed by atoms with Gasteiger partial charge in [0.1, 0.15) is 11.5 Å². The molecule has 1 aromatic heterocycles. The SMILES string of the molecule is CC1(C)CC[C@]2(C(=O)OCC(F)(F)F)CC[C@]3(C)[C@H](C(=O)C[C@@H]4[C@@]5(C)Cc6cnoc6C(C)(C)[C@@H]5CC[C@]43C)[C@H]2C1. The van der Waals surface area contributed by atoms with Gasteiger partial charge in [-0.25, -0.2) is 0 Å². The molecular weight excluding hydrogens is 531 g/mol. The lowest BCUT2D eigenvalue weighted by atomic mass is 9.31. The molecule has 0 aromatic carbocycles. The first-order valence-electron chi connectivity index (χ1n) is 15.5. The molecular formula is C33H46F3NO4. The van der Waals surface area contributed by atoms with E-state index in [1.165, 1.54) is 0 Å². The first kappa shape index (κ1) is 29.2. The molecule has 0 spiro atoms. The second-order valence-electron chi connectivity index (χ2n) is 16.5. The third-order valence-corrected chi connectivity index (χ3v) is 13.7. The van der Waals surface area contributed by atoms with Crippen LogP contribution in [0.2, 0.25) is 0 Å². The van der Waals surface area contributed by atoms with Crippen LogP contribution in [0, 0.1) is 50.7 Å². The molecule has 8 atom stereocenters. The van der Waals surface area contributed by atoms with Gasteiger partial charge in [0.15, 0.2) is 6.61 Å². The highest BCUT2D eigenvalue weighted by molar-refractivity contribution is 5.87. The molecule has 1 aromatic rings. The third kappa shape index (κ3) is 3.89. The van der Waals surface area contributed by atoms with Crippen LogP contribution >= 0.6 is 0 Å². The average molecular weight is 578 g/mol. The Balaban J connectivity index is 1.41. The zero-order valence-electron chi connectivity index (χ0n) is 25.7. The highest BCUT2D eigenvalue weighted by Gasteiger charge is 2.73. The Bertz CT molecular complexity index is 1270. The smallest absolute Gasteiger partial charge is 0.422 e. The highest BCUT2D eigenvalue weighted by atomic mass is 19.4. The van der Waals surface area contributed by atoms with Gasteiger partial charge in [-0.05, 0) is 90.8 Å². The fraction of sp³-hybridized carbons (Fsp3) is 0.848. The van der Waals surface area contributed by atoms with Gasteiger partial charge < -0.3 is 9.26 Å².